The van der Waals surface area contributed by atoms with Gasteiger partial charge >= 0.3 is 0 Å². The zero-order valence-corrected chi connectivity index (χ0v) is 11.0. The third kappa shape index (κ3) is 2.64. The summed E-state index contributed by atoms with van der Waals surface area (Å²) in [7, 11) is 0. The van der Waals surface area contributed by atoms with Crippen LogP contribution in [0.5, 0.6) is 0 Å². The molecule has 0 amide bonds. The first kappa shape index (κ1) is 12.1. The van der Waals surface area contributed by atoms with Gasteiger partial charge in [0.2, 0.25) is 0 Å². The van der Waals surface area contributed by atoms with E-state index in [0.29, 0.717) is 12.8 Å². The minimum atomic E-state index is 0.191. The molecule has 0 unspecified atom stereocenters. The summed E-state index contributed by atoms with van der Waals surface area (Å²) in [6, 6.07) is 12.2. The number of hydrogen-bond donors (Lipinski definition) is 0. The van der Waals surface area contributed by atoms with Gasteiger partial charge in [-0.05, 0) is 32.3 Å². The lowest BCUT2D eigenvalue weighted by molar-refractivity contribution is -0.117. The predicted octanol–water partition coefficient (Wildman–Crippen LogP) is 4.29. The van der Waals surface area contributed by atoms with Crippen LogP contribution in [0.25, 0.3) is 10.8 Å². The van der Waals surface area contributed by atoms with E-state index in [9.17, 15) is 4.79 Å². The lowest BCUT2D eigenvalue weighted by atomic mass is 10.0. The standard InChI is InChI=1S/C15H13BrO/c1-2-5-13(17)10-12-9-8-11-6-3-4-7-14(11)15(12)16/h2-4,6-9H,1,5,10H2. The van der Waals surface area contributed by atoms with Crippen LogP contribution >= 0.6 is 15.9 Å². The van der Waals surface area contributed by atoms with Gasteiger partial charge in [0.15, 0.2) is 0 Å². The van der Waals surface area contributed by atoms with Crippen LogP contribution in [0.2, 0.25) is 0 Å². The molecule has 2 aromatic rings. The van der Waals surface area contributed by atoms with Crippen molar-refractivity contribution in [2.45, 2.75) is 12.8 Å². The molecule has 0 saturated carbocycles. The second-order valence-electron chi connectivity index (χ2n) is 3.97. The van der Waals surface area contributed by atoms with E-state index in [1.807, 2.05) is 18.2 Å². The van der Waals surface area contributed by atoms with Gasteiger partial charge in [0.25, 0.3) is 0 Å². The van der Waals surface area contributed by atoms with Crippen molar-refractivity contribution in [1.82, 2.24) is 0 Å². The minimum Gasteiger partial charge on any atom is -0.299 e. The van der Waals surface area contributed by atoms with E-state index in [0.717, 1.165) is 15.4 Å². The number of ketones is 1. The molecular weight excluding hydrogens is 276 g/mol. The number of carbonyl (C=O) groups is 1. The third-order valence-corrected chi connectivity index (χ3v) is 3.64. The van der Waals surface area contributed by atoms with Crippen LogP contribution < -0.4 is 0 Å². The Kier molecular flexibility index (Phi) is 3.75. The van der Waals surface area contributed by atoms with Gasteiger partial charge < -0.3 is 0 Å². The number of rotatable bonds is 4. The molecule has 0 saturated heterocycles. The molecule has 2 heteroatoms. The number of allylic oxidation sites excluding steroid dienone is 1. The van der Waals surface area contributed by atoms with Gasteiger partial charge in [-0.2, -0.15) is 0 Å². The van der Waals surface area contributed by atoms with Crippen LogP contribution in [-0.4, -0.2) is 5.78 Å². The van der Waals surface area contributed by atoms with Gasteiger partial charge in [0.1, 0.15) is 5.78 Å². The van der Waals surface area contributed by atoms with Crippen LogP contribution in [0, 0.1) is 0 Å². The maximum absolute atomic E-state index is 11.6. The van der Waals surface area contributed by atoms with E-state index in [-0.39, 0.29) is 5.78 Å². The second kappa shape index (κ2) is 5.28. The molecule has 86 valence electrons. The number of benzene rings is 2. The van der Waals surface area contributed by atoms with Crippen molar-refractivity contribution in [2.24, 2.45) is 0 Å². The molecule has 0 bridgehead atoms. The summed E-state index contributed by atoms with van der Waals surface area (Å²) < 4.78 is 1.02. The van der Waals surface area contributed by atoms with Crippen molar-refractivity contribution in [3.8, 4) is 0 Å². The zero-order valence-electron chi connectivity index (χ0n) is 9.45. The fourth-order valence-electron chi connectivity index (χ4n) is 1.86. The van der Waals surface area contributed by atoms with Gasteiger partial charge in [0, 0.05) is 17.3 Å². The minimum absolute atomic E-state index is 0.191. The molecule has 0 N–H and O–H groups in total. The normalized spacial score (nSPS) is 10.4. The van der Waals surface area contributed by atoms with Crippen LogP contribution in [0.1, 0.15) is 12.0 Å². The van der Waals surface area contributed by atoms with Gasteiger partial charge in [-0.3, -0.25) is 4.79 Å². The highest BCUT2D eigenvalue weighted by atomic mass is 79.9. The molecule has 17 heavy (non-hydrogen) atoms. The van der Waals surface area contributed by atoms with E-state index in [4.69, 9.17) is 0 Å². The Hall–Kier alpha value is -1.41. The van der Waals surface area contributed by atoms with Crippen molar-refractivity contribution in [3.05, 3.63) is 59.1 Å². The molecule has 0 atom stereocenters. The van der Waals surface area contributed by atoms with Gasteiger partial charge in [-0.25, -0.2) is 0 Å². The zero-order chi connectivity index (χ0) is 12.3. The monoisotopic (exact) mass is 288 g/mol. The van der Waals surface area contributed by atoms with Crippen LogP contribution in [0.15, 0.2) is 53.5 Å². The van der Waals surface area contributed by atoms with Gasteiger partial charge in [0.05, 0.1) is 0 Å². The van der Waals surface area contributed by atoms with E-state index < -0.39 is 0 Å². The fourth-order valence-corrected chi connectivity index (χ4v) is 2.49. The van der Waals surface area contributed by atoms with E-state index in [1.165, 1.54) is 5.39 Å². The number of hydrogen-bond acceptors (Lipinski definition) is 1. The Labute approximate surface area is 109 Å². The Morgan fingerprint density at radius 1 is 1.24 bits per heavy atom. The van der Waals surface area contributed by atoms with Crippen molar-refractivity contribution >= 4 is 32.5 Å². The van der Waals surface area contributed by atoms with Crippen molar-refractivity contribution in [3.63, 3.8) is 0 Å². The number of fused-ring (bicyclic) bond motifs is 1. The predicted molar refractivity (Wildman–Crippen MR) is 75.2 cm³/mol. The topological polar surface area (TPSA) is 17.1 Å². The summed E-state index contributed by atoms with van der Waals surface area (Å²) >= 11 is 3.58. The number of halogens is 1. The first-order valence-electron chi connectivity index (χ1n) is 5.51. The summed E-state index contributed by atoms with van der Waals surface area (Å²) in [4.78, 5) is 11.6. The van der Waals surface area contributed by atoms with E-state index in [1.54, 1.807) is 6.08 Å². The van der Waals surface area contributed by atoms with Gasteiger partial charge in [-0.15, -0.1) is 6.58 Å². The Bertz CT molecular complexity index is 572. The van der Waals surface area contributed by atoms with E-state index >= 15 is 0 Å². The smallest absolute Gasteiger partial charge is 0.141 e. The quantitative estimate of drug-likeness (QED) is 0.767. The van der Waals surface area contributed by atoms with Crippen LogP contribution in [-0.2, 0) is 11.2 Å². The highest BCUT2D eigenvalue weighted by Crippen LogP contribution is 2.28. The van der Waals surface area contributed by atoms with Crippen LogP contribution in [0.4, 0.5) is 0 Å². The highest BCUT2D eigenvalue weighted by molar-refractivity contribution is 9.10. The Balaban J connectivity index is 2.39. The SMILES string of the molecule is C=CCC(=O)Cc1ccc2ccccc2c1Br. The molecule has 0 heterocycles. The largest absolute Gasteiger partial charge is 0.299 e. The molecule has 2 rings (SSSR count). The summed E-state index contributed by atoms with van der Waals surface area (Å²) in [5.41, 5.74) is 1.04. The Morgan fingerprint density at radius 2 is 2.00 bits per heavy atom. The molecule has 0 spiro atoms. The summed E-state index contributed by atoms with van der Waals surface area (Å²) in [5.74, 6) is 0.191. The number of carbonyl (C=O) groups excluding carboxylic acids is 1. The second-order valence-corrected chi connectivity index (χ2v) is 4.76. The molecular formula is C15H13BrO. The molecule has 0 aliphatic carbocycles. The summed E-state index contributed by atoms with van der Waals surface area (Å²) in [5, 5.41) is 2.33. The molecule has 2 aromatic carbocycles. The van der Waals surface area contributed by atoms with E-state index in [2.05, 4.69) is 40.7 Å². The van der Waals surface area contributed by atoms with Gasteiger partial charge in [-0.1, -0.05) is 42.5 Å². The molecule has 0 radical (unpaired) electrons. The fraction of sp³-hybridized carbons (Fsp3) is 0.133. The molecule has 1 nitrogen and oxygen atoms in total. The van der Waals surface area contributed by atoms with Crippen molar-refractivity contribution < 1.29 is 4.79 Å². The maximum atomic E-state index is 11.6. The molecule has 0 fully saturated rings. The van der Waals surface area contributed by atoms with Crippen LogP contribution in [0.3, 0.4) is 0 Å². The maximum Gasteiger partial charge on any atom is 0.141 e. The molecule has 0 aliphatic rings. The first-order chi connectivity index (χ1) is 8.22. The highest BCUT2D eigenvalue weighted by Gasteiger charge is 2.08. The molecule has 0 aliphatic heterocycles. The first-order valence-corrected chi connectivity index (χ1v) is 6.30. The molecule has 0 aromatic heterocycles. The van der Waals surface area contributed by atoms with Crippen molar-refractivity contribution in [1.29, 1.82) is 0 Å². The lowest BCUT2D eigenvalue weighted by Gasteiger charge is -2.07. The Morgan fingerprint density at radius 3 is 2.76 bits per heavy atom. The third-order valence-electron chi connectivity index (χ3n) is 2.70. The van der Waals surface area contributed by atoms with Crippen molar-refractivity contribution in [2.75, 3.05) is 0 Å². The summed E-state index contributed by atoms with van der Waals surface area (Å²) in [6.45, 7) is 3.58. The summed E-state index contributed by atoms with van der Waals surface area (Å²) in [6.07, 6.45) is 2.54. The lowest BCUT2D eigenvalue weighted by Crippen LogP contribution is -2.01. The number of Topliss-reactive ketones (excluding diaryl/α,β-unsaturated/α-hetero) is 1. The average Bonchev–Trinajstić information content (AvgIpc) is 2.33. The average molecular weight is 289 g/mol.